The van der Waals surface area contributed by atoms with E-state index < -0.39 is 18.3 Å². The van der Waals surface area contributed by atoms with Gasteiger partial charge < -0.3 is 14.0 Å². The number of hydrogen-bond acceptors (Lipinski definition) is 4. The Morgan fingerprint density at radius 1 is 0.966 bits per heavy atom. The van der Waals surface area contributed by atoms with Crippen molar-refractivity contribution in [1.29, 1.82) is 0 Å². The standard InChI is InChI=1S/C22H24BClN2O3/c1-21(2)22(3,4)29-23(28-21)20-14-18(15-10-12-16(24)13-11-15)26(25-20)17-8-6-7-9-19(17)27-5/h6-14H,1-5H3. The number of halogens is 1. The molecule has 0 N–H and O–H groups in total. The van der Waals surface area contributed by atoms with Gasteiger partial charge in [0.25, 0.3) is 0 Å². The third-order valence-corrected chi connectivity index (χ3v) is 5.93. The molecule has 0 bridgehead atoms. The van der Waals surface area contributed by atoms with Crippen LogP contribution in [0.2, 0.25) is 5.02 Å². The Labute approximate surface area is 176 Å². The first kappa shape index (κ1) is 20.0. The monoisotopic (exact) mass is 410 g/mol. The van der Waals surface area contributed by atoms with Crippen LogP contribution in [-0.4, -0.2) is 35.2 Å². The highest BCUT2D eigenvalue weighted by Gasteiger charge is 2.52. The van der Waals surface area contributed by atoms with E-state index in [4.69, 9.17) is 30.7 Å². The predicted octanol–water partition coefficient (Wildman–Crippen LogP) is 4.50. The van der Waals surface area contributed by atoms with Gasteiger partial charge in [-0.3, -0.25) is 0 Å². The highest BCUT2D eigenvalue weighted by Crippen LogP contribution is 2.37. The van der Waals surface area contributed by atoms with Crippen LogP contribution in [0.5, 0.6) is 5.75 Å². The van der Waals surface area contributed by atoms with Gasteiger partial charge in [0.15, 0.2) is 0 Å². The average molecular weight is 411 g/mol. The predicted molar refractivity (Wildman–Crippen MR) is 116 cm³/mol. The summed E-state index contributed by atoms with van der Waals surface area (Å²) in [6, 6.07) is 17.4. The molecule has 29 heavy (non-hydrogen) atoms. The molecular weight excluding hydrogens is 387 g/mol. The van der Waals surface area contributed by atoms with Gasteiger partial charge >= 0.3 is 7.12 Å². The quantitative estimate of drug-likeness (QED) is 0.594. The average Bonchev–Trinajstić information content (AvgIpc) is 3.21. The van der Waals surface area contributed by atoms with Crippen molar-refractivity contribution in [3.8, 4) is 22.7 Å². The molecule has 1 aliphatic rings. The van der Waals surface area contributed by atoms with Crippen LogP contribution in [0.15, 0.2) is 54.6 Å². The maximum absolute atomic E-state index is 6.22. The molecule has 2 aromatic carbocycles. The molecule has 0 unspecified atom stereocenters. The molecular formula is C22H24BClN2O3. The van der Waals surface area contributed by atoms with E-state index >= 15 is 0 Å². The second-order valence-electron chi connectivity index (χ2n) is 8.13. The summed E-state index contributed by atoms with van der Waals surface area (Å²) < 4.78 is 19.9. The largest absolute Gasteiger partial charge is 0.516 e. The van der Waals surface area contributed by atoms with Crippen LogP contribution in [0.4, 0.5) is 0 Å². The third kappa shape index (κ3) is 3.57. The molecule has 2 heterocycles. The molecule has 5 nitrogen and oxygen atoms in total. The summed E-state index contributed by atoms with van der Waals surface area (Å²) >= 11 is 6.09. The fourth-order valence-corrected chi connectivity index (χ4v) is 3.42. The molecule has 0 atom stereocenters. The van der Waals surface area contributed by atoms with E-state index in [9.17, 15) is 0 Å². The maximum Gasteiger partial charge on any atom is 0.516 e. The first-order valence-electron chi connectivity index (χ1n) is 9.57. The van der Waals surface area contributed by atoms with E-state index in [1.807, 2.05) is 87.0 Å². The number of para-hydroxylation sites is 2. The number of methoxy groups -OCH3 is 1. The van der Waals surface area contributed by atoms with Gasteiger partial charge in [0.1, 0.15) is 11.4 Å². The zero-order valence-electron chi connectivity index (χ0n) is 17.3. The lowest BCUT2D eigenvalue weighted by molar-refractivity contribution is 0.00578. The number of hydrogen-bond donors (Lipinski definition) is 0. The van der Waals surface area contributed by atoms with Gasteiger partial charge in [-0.2, -0.15) is 5.10 Å². The molecule has 0 aliphatic carbocycles. The van der Waals surface area contributed by atoms with Crippen LogP contribution < -0.4 is 10.3 Å². The second kappa shape index (κ2) is 7.20. The number of ether oxygens (including phenoxy) is 1. The molecule has 1 aromatic heterocycles. The van der Waals surface area contributed by atoms with Gasteiger partial charge in [0.05, 0.1) is 29.6 Å². The van der Waals surface area contributed by atoms with Crippen LogP contribution in [-0.2, 0) is 9.31 Å². The molecule has 1 aliphatic heterocycles. The summed E-state index contributed by atoms with van der Waals surface area (Å²) in [6.45, 7) is 8.13. The topological polar surface area (TPSA) is 45.5 Å². The molecule has 1 fully saturated rings. The molecule has 0 spiro atoms. The van der Waals surface area contributed by atoms with Crippen LogP contribution in [0.1, 0.15) is 27.7 Å². The normalized spacial score (nSPS) is 17.5. The molecule has 0 saturated carbocycles. The SMILES string of the molecule is COc1ccccc1-n1nc(B2OC(C)(C)C(C)(C)O2)cc1-c1ccc(Cl)cc1. The Morgan fingerprint density at radius 2 is 1.59 bits per heavy atom. The minimum Gasteiger partial charge on any atom is -0.494 e. The van der Waals surface area contributed by atoms with Crippen molar-refractivity contribution in [2.45, 2.75) is 38.9 Å². The van der Waals surface area contributed by atoms with E-state index in [2.05, 4.69) is 0 Å². The van der Waals surface area contributed by atoms with Gasteiger partial charge in [-0.25, -0.2) is 4.68 Å². The first-order chi connectivity index (χ1) is 13.7. The Bertz CT molecular complexity index is 1010. The van der Waals surface area contributed by atoms with E-state index in [1.54, 1.807) is 7.11 Å². The minimum atomic E-state index is -0.554. The molecule has 3 aromatic rings. The molecule has 0 amide bonds. The zero-order chi connectivity index (χ0) is 20.8. The number of rotatable bonds is 4. The minimum absolute atomic E-state index is 0.438. The highest BCUT2D eigenvalue weighted by molar-refractivity contribution is 6.61. The fraction of sp³-hybridized carbons (Fsp3) is 0.318. The first-order valence-corrected chi connectivity index (χ1v) is 9.94. The van der Waals surface area contributed by atoms with Crippen molar-refractivity contribution in [3.63, 3.8) is 0 Å². The maximum atomic E-state index is 6.22. The molecule has 4 rings (SSSR count). The van der Waals surface area contributed by atoms with Gasteiger partial charge in [0.2, 0.25) is 0 Å². The number of benzene rings is 2. The lowest BCUT2D eigenvalue weighted by Gasteiger charge is -2.32. The number of aromatic nitrogens is 2. The summed E-state index contributed by atoms with van der Waals surface area (Å²) in [7, 11) is 1.10. The Morgan fingerprint density at radius 3 is 2.21 bits per heavy atom. The van der Waals surface area contributed by atoms with Crippen molar-refractivity contribution < 1.29 is 14.0 Å². The van der Waals surface area contributed by atoms with E-state index in [-0.39, 0.29) is 0 Å². The van der Waals surface area contributed by atoms with Crippen molar-refractivity contribution in [1.82, 2.24) is 9.78 Å². The summed E-state index contributed by atoms with van der Waals surface area (Å²) in [5.41, 5.74) is 2.55. The summed E-state index contributed by atoms with van der Waals surface area (Å²) in [5.74, 6) is 0.728. The molecule has 7 heteroatoms. The van der Waals surface area contributed by atoms with Gasteiger partial charge in [-0.05, 0) is 58.0 Å². The van der Waals surface area contributed by atoms with Gasteiger partial charge in [-0.1, -0.05) is 35.9 Å². The van der Waals surface area contributed by atoms with E-state index in [0.717, 1.165) is 22.7 Å². The van der Waals surface area contributed by atoms with E-state index in [0.29, 0.717) is 10.6 Å². The van der Waals surface area contributed by atoms with Crippen molar-refractivity contribution >= 4 is 24.3 Å². The van der Waals surface area contributed by atoms with Crippen molar-refractivity contribution in [3.05, 3.63) is 59.6 Å². The second-order valence-corrected chi connectivity index (χ2v) is 8.57. The van der Waals surface area contributed by atoms with Crippen LogP contribution in [0.3, 0.4) is 0 Å². The molecule has 150 valence electrons. The van der Waals surface area contributed by atoms with Crippen LogP contribution >= 0.6 is 11.6 Å². The van der Waals surface area contributed by atoms with Gasteiger partial charge in [0, 0.05) is 10.6 Å². The molecule has 0 radical (unpaired) electrons. The van der Waals surface area contributed by atoms with Crippen molar-refractivity contribution in [2.24, 2.45) is 0 Å². The lowest BCUT2D eigenvalue weighted by atomic mass is 9.84. The Kier molecular flexibility index (Phi) is 4.97. The van der Waals surface area contributed by atoms with Crippen molar-refractivity contribution in [2.75, 3.05) is 7.11 Å². The highest BCUT2D eigenvalue weighted by atomic mass is 35.5. The molecule has 1 saturated heterocycles. The lowest BCUT2D eigenvalue weighted by Crippen LogP contribution is -2.41. The summed E-state index contributed by atoms with van der Waals surface area (Å²) in [6.07, 6.45) is 0. The Hall–Kier alpha value is -2.28. The number of nitrogens with zero attached hydrogens (tertiary/aromatic N) is 2. The summed E-state index contributed by atoms with van der Waals surface area (Å²) in [4.78, 5) is 0. The Balaban J connectivity index is 1.85. The smallest absolute Gasteiger partial charge is 0.494 e. The fourth-order valence-electron chi connectivity index (χ4n) is 3.29. The van der Waals surface area contributed by atoms with E-state index in [1.165, 1.54) is 0 Å². The van der Waals surface area contributed by atoms with Gasteiger partial charge in [-0.15, -0.1) is 0 Å². The third-order valence-electron chi connectivity index (χ3n) is 5.68. The van der Waals surface area contributed by atoms with Crippen LogP contribution in [0, 0.1) is 0 Å². The van der Waals surface area contributed by atoms with Crippen LogP contribution in [0.25, 0.3) is 16.9 Å². The summed E-state index contributed by atoms with van der Waals surface area (Å²) in [5, 5.41) is 5.54. The zero-order valence-corrected chi connectivity index (χ0v) is 18.0.